The Balaban J connectivity index is 1.87. The molecule has 3 rings (SSSR count). The Morgan fingerprint density at radius 1 is 1.09 bits per heavy atom. The lowest BCUT2D eigenvalue weighted by Crippen LogP contribution is -2.55. The van der Waals surface area contributed by atoms with Crippen molar-refractivity contribution in [1.82, 2.24) is 20.9 Å². The molecule has 180 valence electrons. The third-order valence-electron chi connectivity index (χ3n) is 5.47. The molecule has 1 fully saturated rings. The maximum absolute atomic E-state index is 13.2. The lowest BCUT2D eigenvalue weighted by Gasteiger charge is -2.31. The van der Waals surface area contributed by atoms with Crippen LogP contribution in [0.4, 0.5) is 0 Å². The van der Waals surface area contributed by atoms with Crippen molar-refractivity contribution in [2.75, 3.05) is 39.5 Å². The number of carbonyl (C=O) groups is 4. The molecule has 10 heteroatoms. The van der Waals surface area contributed by atoms with Crippen LogP contribution in [-0.2, 0) is 19.1 Å². The van der Waals surface area contributed by atoms with Crippen molar-refractivity contribution in [3.8, 4) is 5.75 Å². The Hall–Kier alpha value is -3.14. The molecule has 1 aromatic carbocycles. The van der Waals surface area contributed by atoms with Crippen LogP contribution in [0.1, 0.15) is 37.0 Å². The summed E-state index contributed by atoms with van der Waals surface area (Å²) in [5.74, 6) is -1.17. The van der Waals surface area contributed by atoms with Crippen LogP contribution in [0.3, 0.4) is 0 Å². The van der Waals surface area contributed by atoms with Crippen LogP contribution >= 0.6 is 0 Å². The van der Waals surface area contributed by atoms with Gasteiger partial charge in [0.05, 0.1) is 31.7 Å². The fourth-order valence-corrected chi connectivity index (χ4v) is 3.82. The monoisotopic (exact) mass is 460 g/mol. The first-order valence-electron chi connectivity index (χ1n) is 11.3. The molecule has 2 aliphatic rings. The number of nitrogens with zero attached hydrogens (tertiary/aromatic N) is 1. The largest absolute Gasteiger partial charge is 0.491 e. The predicted molar refractivity (Wildman–Crippen MR) is 120 cm³/mol. The van der Waals surface area contributed by atoms with E-state index < -0.39 is 23.9 Å². The average molecular weight is 461 g/mol. The van der Waals surface area contributed by atoms with Crippen molar-refractivity contribution in [2.24, 2.45) is 5.92 Å². The highest BCUT2D eigenvalue weighted by Crippen LogP contribution is 2.19. The van der Waals surface area contributed by atoms with Gasteiger partial charge in [0.2, 0.25) is 17.7 Å². The van der Waals surface area contributed by atoms with Crippen molar-refractivity contribution in [3.05, 3.63) is 29.8 Å². The van der Waals surface area contributed by atoms with Crippen LogP contribution in [-0.4, -0.2) is 80.1 Å². The SMILES string of the molecule is CC(C)C[C@@H]1NC(=O)C[C@@H](C(=O)N2CCOCC2)NC(=O)c2ccccc2OCCNC1=O. The molecule has 2 atom stereocenters. The topological polar surface area (TPSA) is 126 Å². The van der Waals surface area contributed by atoms with Gasteiger partial charge in [-0.15, -0.1) is 0 Å². The second kappa shape index (κ2) is 11.6. The van der Waals surface area contributed by atoms with Crippen LogP contribution in [0.2, 0.25) is 0 Å². The van der Waals surface area contributed by atoms with Crippen molar-refractivity contribution in [3.63, 3.8) is 0 Å². The summed E-state index contributed by atoms with van der Waals surface area (Å²) in [6.45, 7) is 5.82. The predicted octanol–water partition coefficient (Wildman–Crippen LogP) is 0.0734. The summed E-state index contributed by atoms with van der Waals surface area (Å²) in [4.78, 5) is 53.4. The number of fused-ring (bicyclic) bond motifs is 1. The van der Waals surface area contributed by atoms with Gasteiger partial charge in [0.15, 0.2) is 0 Å². The van der Waals surface area contributed by atoms with Crippen LogP contribution in [0.25, 0.3) is 0 Å². The van der Waals surface area contributed by atoms with Crippen LogP contribution in [0.15, 0.2) is 24.3 Å². The molecule has 0 unspecified atom stereocenters. The molecule has 0 saturated carbocycles. The first kappa shape index (κ1) is 24.5. The summed E-state index contributed by atoms with van der Waals surface area (Å²) in [7, 11) is 0. The van der Waals surface area contributed by atoms with Gasteiger partial charge in [0.25, 0.3) is 5.91 Å². The van der Waals surface area contributed by atoms with E-state index >= 15 is 0 Å². The first-order chi connectivity index (χ1) is 15.8. The van der Waals surface area contributed by atoms with E-state index in [-0.39, 0.29) is 42.9 Å². The molecular weight excluding hydrogens is 428 g/mol. The minimum absolute atomic E-state index is 0.147. The number of rotatable bonds is 3. The Labute approximate surface area is 193 Å². The number of hydrogen-bond donors (Lipinski definition) is 3. The van der Waals surface area contributed by atoms with E-state index in [4.69, 9.17) is 9.47 Å². The highest BCUT2D eigenvalue weighted by atomic mass is 16.5. The Bertz CT molecular complexity index is 868. The molecule has 0 radical (unpaired) electrons. The van der Waals surface area contributed by atoms with E-state index in [1.54, 1.807) is 29.2 Å². The third kappa shape index (κ3) is 6.92. The maximum atomic E-state index is 13.2. The van der Waals surface area contributed by atoms with Gasteiger partial charge in [-0.25, -0.2) is 0 Å². The van der Waals surface area contributed by atoms with Gasteiger partial charge >= 0.3 is 0 Å². The van der Waals surface area contributed by atoms with Gasteiger partial charge in [-0.2, -0.15) is 0 Å². The molecule has 10 nitrogen and oxygen atoms in total. The number of morpholine rings is 1. The van der Waals surface area contributed by atoms with Gasteiger partial charge < -0.3 is 30.3 Å². The van der Waals surface area contributed by atoms with Crippen LogP contribution < -0.4 is 20.7 Å². The zero-order chi connectivity index (χ0) is 23.8. The van der Waals surface area contributed by atoms with E-state index in [0.29, 0.717) is 38.5 Å². The molecule has 3 N–H and O–H groups in total. The van der Waals surface area contributed by atoms with Gasteiger partial charge in [-0.3, -0.25) is 19.2 Å². The normalized spacial score (nSPS) is 22.9. The molecule has 2 aliphatic heterocycles. The number of ether oxygens (including phenoxy) is 2. The molecule has 0 spiro atoms. The second-order valence-electron chi connectivity index (χ2n) is 8.55. The zero-order valence-electron chi connectivity index (χ0n) is 19.1. The van der Waals surface area contributed by atoms with E-state index in [2.05, 4.69) is 16.0 Å². The van der Waals surface area contributed by atoms with E-state index in [1.165, 1.54) is 0 Å². The fourth-order valence-electron chi connectivity index (χ4n) is 3.82. The minimum atomic E-state index is -1.09. The highest BCUT2D eigenvalue weighted by Gasteiger charge is 2.32. The number of benzene rings is 1. The van der Waals surface area contributed by atoms with Gasteiger partial charge in [0.1, 0.15) is 24.4 Å². The van der Waals surface area contributed by atoms with Gasteiger partial charge in [0, 0.05) is 13.1 Å². The molecular formula is C23H32N4O6. The summed E-state index contributed by atoms with van der Waals surface area (Å²) in [6.07, 6.45) is 0.155. The molecule has 0 aromatic heterocycles. The van der Waals surface area contributed by atoms with E-state index in [9.17, 15) is 19.2 Å². The number of amides is 4. The summed E-state index contributed by atoms with van der Waals surface area (Å²) in [5, 5.41) is 8.22. The summed E-state index contributed by atoms with van der Waals surface area (Å²) >= 11 is 0. The lowest BCUT2D eigenvalue weighted by atomic mass is 10.0. The number of carbonyl (C=O) groups excluding carboxylic acids is 4. The zero-order valence-corrected chi connectivity index (χ0v) is 19.1. The Kier molecular flexibility index (Phi) is 8.65. The number of para-hydroxylation sites is 1. The highest BCUT2D eigenvalue weighted by molar-refractivity contribution is 6.01. The standard InChI is InChI=1S/C23H32N4O6/c1-15(2)13-17-22(30)24-7-10-33-19-6-4-3-5-16(19)21(29)26-18(14-20(28)25-17)23(31)27-8-11-32-12-9-27/h3-6,15,17-18H,7-14H2,1-2H3,(H,24,30)(H,25,28)(H,26,29)/t17-,18-/m0/s1. The van der Waals surface area contributed by atoms with Gasteiger partial charge in [-0.05, 0) is 24.5 Å². The smallest absolute Gasteiger partial charge is 0.255 e. The molecule has 1 saturated heterocycles. The van der Waals surface area contributed by atoms with Crippen LogP contribution in [0, 0.1) is 5.92 Å². The van der Waals surface area contributed by atoms with Crippen LogP contribution in [0.5, 0.6) is 5.75 Å². The molecule has 2 heterocycles. The number of hydrogen-bond acceptors (Lipinski definition) is 6. The Morgan fingerprint density at radius 3 is 2.55 bits per heavy atom. The lowest BCUT2D eigenvalue weighted by molar-refractivity contribution is -0.139. The van der Waals surface area contributed by atoms with E-state index in [1.807, 2.05) is 13.8 Å². The molecule has 33 heavy (non-hydrogen) atoms. The van der Waals surface area contributed by atoms with Crippen molar-refractivity contribution in [2.45, 2.75) is 38.8 Å². The first-order valence-corrected chi connectivity index (χ1v) is 11.3. The molecule has 0 aliphatic carbocycles. The Morgan fingerprint density at radius 2 is 1.82 bits per heavy atom. The second-order valence-corrected chi connectivity index (χ2v) is 8.55. The van der Waals surface area contributed by atoms with Gasteiger partial charge in [-0.1, -0.05) is 26.0 Å². The molecule has 1 aromatic rings. The third-order valence-corrected chi connectivity index (χ3v) is 5.47. The summed E-state index contributed by atoms with van der Waals surface area (Å²) in [6, 6.07) is 4.82. The van der Waals surface area contributed by atoms with Crippen molar-refractivity contribution < 1.29 is 28.7 Å². The van der Waals surface area contributed by atoms with Crippen molar-refractivity contribution >= 4 is 23.6 Å². The summed E-state index contributed by atoms with van der Waals surface area (Å²) < 4.78 is 11.0. The average Bonchev–Trinajstić information content (AvgIpc) is 2.80. The number of nitrogens with one attached hydrogen (secondary N) is 3. The fraction of sp³-hybridized carbons (Fsp3) is 0.565. The quantitative estimate of drug-likeness (QED) is 0.586. The molecule has 4 amide bonds. The molecule has 0 bridgehead atoms. The maximum Gasteiger partial charge on any atom is 0.255 e. The van der Waals surface area contributed by atoms with Crippen molar-refractivity contribution in [1.29, 1.82) is 0 Å². The minimum Gasteiger partial charge on any atom is -0.491 e. The van der Waals surface area contributed by atoms with E-state index in [0.717, 1.165) is 0 Å². The summed E-state index contributed by atoms with van der Waals surface area (Å²) in [5.41, 5.74) is 0.249.